The third-order valence-corrected chi connectivity index (χ3v) is 2.24. The van der Waals surface area contributed by atoms with Gasteiger partial charge in [-0.25, -0.2) is 0 Å². The maximum atomic E-state index is 4.28. The largest absolute Gasteiger partial charge is 0.272 e. The van der Waals surface area contributed by atoms with E-state index in [0.29, 0.717) is 0 Å². The fourth-order valence-electron chi connectivity index (χ4n) is 1.25. The fourth-order valence-corrected chi connectivity index (χ4v) is 1.25. The summed E-state index contributed by atoms with van der Waals surface area (Å²) in [5.41, 5.74) is 1.35. The van der Waals surface area contributed by atoms with Crippen molar-refractivity contribution in [3.63, 3.8) is 0 Å². The molecule has 0 bridgehead atoms. The zero-order valence-electron chi connectivity index (χ0n) is 6.95. The third-order valence-electron chi connectivity index (χ3n) is 2.24. The number of aromatic nitrogens is 2. The monoisotopic (exact) mass is 150 g/mol. The molecule has 0 atom stereocenters. The maximum absolute atomic E-state index is 4.28. The average Bonchev–Trinajstić information content (AvgIpc) is 2.68. The molecule has 2 heteroatoms. The summed E-state index contributed by atoms with van der Waals surface area (Å²) >= 11 is 0. The second-order valence-electron chi connectivity index (χ2n) is 3.37. The Labute approximate surface area is 67.2 Å². The molecular formula is C9H14N2. The second-order valence-corrected chi connectivity index (χ2v) is 3.37. The van der Waals surface area contributed by atoms with Gasteiger partial charge in [-0.3, -0.25) is 4.68 Å². The standard InChI is InChI=1S/C9H14N2/c1-2-8-5-10-11(6-8)7-9-3-4-9/h5-6,9H,2-4,7H2,1H3. The van der Waals surface area contributed by atoms with Crippen LogP contribution < -0.4 is 0 Å². The van der Waals surface area contributed by atoms with Crippen molar-refractivity contribution in [3.8, 4) is 0 Å². The average molecular weight is 150 g/mol. The summed E-state index contributed by atoms with van der Waals surface area (Å²) in [4.78, 5) is 0. The predicted octanol–water partition coefficient (Wildman–Crippen LogP) is 1.86. The molecule has 0 saturated heterocycles. The van der Waals surface area contributed by atoms with E-state index < -0.39 is 0 Å². The topological polar surface area (TPSA) is 17.8 Å². The SMILES string of the molecule is CCc1cnn(CC2CC2)c1. The highest BCUT2D eigenvalue weighted by Crippen LogP contribution is 2.30. The summed E-state index contributed by atoms with van der Waals surface area (Å²) in [6.07, 6.45) is 8.05. The van der Waals surface area contributed by atoms with Crippen LogP contribution in [0.5, 0.6) is 0 Å². The molecule has 1 aromatic heterocycles. The quantitative estimate of drug-likeness (QED) is 0.643. The van der Waals surface area contributed by atoms with Gasteiger partial charge in [-0.1, -0.05) is 6.92 Å². The molecule has 0 amide bonds. The van der Waals surface area contributed by atoms with Crippen molar-refractivity contribution in [3.05, 3.63) is 18.0 Å². The molecule has 0 N–H and O–H groups in total. The van der Waals surface area contributed by atoms with Crippen molar-refractivity contribution in [2.24, 2.45) is 5.92 Å². The molecular weight excluding hydrogens is 136 g/mol. The molecule has 1 heterocycles. The fraction of sp³-hybridized carbons (Fsp3) is 0.667. The van der Waals surface area contributed by atoms with Gasteiger partial charge < -0.3 is 0 Å². The van der Waals surface area contributed by atoms with Crippen LogP contribution in [0.3, 0.4) is 0 Å². The molecule has 2 rings (SSSR count). The first-order valence-electron chi connectivity index (χ1n) is 4.40. The van der Waals surface area contributed by atoms with Crippen LogP contribution in [0.2, 0.25) is 0 Å². The van der Waals surface area contributed by atoms with E-state index in [9.17, 15) is 0 Å². The predicted molar refractivity (Wildman–Crippen MR) is 44.3 cm³/mol. The number of hydrogen-bond donors (Lipinski definition) is 0. The van der Waals surface area contributed by atoms with Crippen LogP contribution in [0.15, 0.2) is 12.4 Å². The Morgan fingerprint density at radius 3 is 3.00 bits per heavy atom. The lowest BCUT2D eigenvalue weighted by Gasteiger charge is -1.95. The molecule has 0 aliphatic heterocycles. The van der Waals surface area contributed by atoms with Gasteiger partial charge >= 0.3 is 0 Å². The van der Waals surface area contributed by atoms with Crippen LogP contribution >= 0.6 is 0 Å². The molecule has 1 fully saturated rings. The summed E-state index contributed by atoms with van der Waals surface area (Å²) < 4.78 is 2.08. The summed E-state index contributed by atoms with van der Waals surface area (Å²) in [7, 11) is 0. The number of nitrogens with zero attached hydrogens (tertiary/aromatic N) is 2. The second kappa shape index (κ2) is 2.68. The van der Waals surface area contributed by atoms with E-state index >= 15 is 0 Å². The lowest BCUT2D eigenvalue weighted by atomic mass is 10.3. The summed E-state index contributed by atoms with van der Waals surface area (Å²) in [6.45, 7) is 3.30. The number of rotatable bonds is 3. The van der Waals surface area contributed by atoms with Gasteiger partial charge in [0.25, 0.3) is 0 Å². The van der Waals surface area contributed by atoms with E-state index in [1.807, 2.05) is 6.20 Å². The zero-order chi connectivity index (χ0) is 7.68. The van der Waals surface area contributed by atoms with Crippen molar-refractivity contribution in [2.75, 3.05) is 0 Å². The van der Waals surface area contributed by atoms with Crippen molar-refractivity contribution < 1.29 is 0 Å². The summed E-state index contributed by atoms with van der Waals surface area (Å²) in [6, 6.07) is 0. The van der Waals surface area contributed by atoms with Crippen molar-refractivity contribution in [1.29, 1.82) is 0 Å². The molecule has 1 aliphatic carbocycles. The Morgan fingerprint density at radius 2 is 2.45 bits per heavy atom. The Balaban J connectivity index is 1.99. The van der Waals surface area contributed by atoms with E-state index in [0.717, 1.165) is 18.9 Å². The highest BCUT2D eigenvalue weighted by Gasteiger charge is 2.21. The van der Waals surface area contributed by atoms with Crippen LogP contribution in [0.4, 0.5) is 0 Å². The molecule has 2 nitrogen and oxygen atoms in total. The minimum atomic E-state index is 0.930. The minimum Gasteiger partial charge on any atom is -0.272 e. The minimum absolute atomic E-state index is 0.930. The molecule has 0 spiro atoms. The first kappa shape index (κ1) is 6.89. The molecule has 0 unspecified atom stereocenters. The number of hydrogen-bond acceptors (Lipinski definition) is 1. The van der Waals surface area contributed by atoms with E-state index in [-0.39, 0.29) is 0 Å². The normalized spacial score (nSPS) is 17.2. The van der Waals surface area contributed by atoms with Gasteiger partial charge in [0.15, 0.2) is 0 Å². The van der Waals surface area contributed by atoms with Crippen LogP contribution in [0.1, 0.15) is 25.3 Å². The molecule has 60 valence electrons. The lowest BCUT2D eigenvalue weighted by molar-refractivity contribution is 0.563. The van der Waals surface area contributed by atoms with Crippen molar-refractivity contribution >= 4 is 0 Å². The first-order chi connectivity index (χ1) is 5.38. The van der Waals surface area contributed by atoms with E-state index in [1.54, 1.807) is 0 Å². The zero-order valence-corrected chi connectivity index (χ0v) is 6.95. The highest BCUT2D eigenvalue weighted by atomic mass is 15.3. The Morgan fingerprint density at radius 1 is 1.64 bits per heavy atom. The number of aryl methyl sites for hydroxylation is 1. The van der Waals surface area contributed by atoms with Gasteiger partial charge in [0.05, 0.1) is 6.20 Å². The van der Waals surface area contributed by atoms with Crippen LogP contribution in [-0.2, 0) is 13.0 Å². The van der Waals surface area contributed by atoms with Gasteiger partial charge in [0.1, 0.15) is 0 Å². The van der Waals surface area contributed by atoms with Crippen molar-refractivity contribution in [1.82, 2.24) is 9.78 Å². The third kappa shape index (κ3) is 1.62. The lowest BCUT2D eigenvalue weighted by Crippen LogP contribution is -1.99. The molecule has 1 saturated carbocycles. The molecule has 11 heavy (non-hydrogen) atoms. The van der Waals surface area contributed by atoms with Crippen LogP contribution in [0, 0.1) is 5.92 Å². The highest BCUT2D eigenvalue weighted by molar-refractivity contribution is 5.03. The van der Waals surface area contributed by atoms with Crippen LogP contribution in [-0.4, -0.2) is 9.78 Å². The van der Waals surface area contributed by atoms with Gasteiger partial charge in [0.2, 0.25) is 0 Å². The van der Waals surface area contributed by atoms with Gasteiger partial charge in [-0.2, -0.15) is 5.10 Å². The maximum Gasteiger partial charge on any atom is 0.0521 e. The Hall–Kier alpha value is -0.790. The molecule has 0 aromatic carbocycles. The van der Waals surface area contributed by atoms with Gasteiger partial charge in [-0.05, 0) is 30.7 Å². The van der Waals surface area contributed by atoms with E-state index in [4.69, 9.17) is 0 Å². The molecule has 0 radical (unpaired) electrons. The molecule has 1 aliphatic rings. The van der Waals surface area contributed by atoms with Crippen LogP contribution in [0.25, 0.3) is 0 Å². The Bertz CT molecular complexity index is 235. The Kier molecular flexibility index (Phi) is 1.68. The van der Waals surface area contributed by atoms with E-state index in [2.05, 4.69) is 22.9 Å². The van der Waals surface area contributed by atoms with Gasteiger partial charge in [0, 0.05) is 12.7 Å². The molecule has 1 aromatic rings. The first-order valence-corrected chi connectivity index (χ1v) is 4.40. The summed E-state index contributed by atoms with van der Waals surface area (Å²) in [5, 5.41) is 4.28. The summed E-state index contributed by atoms with van der Waals surface area (Å²) in [5.74, 6) is 0.930. The van der Waals surface area contributed by atoms with E-state index in [1.165, 1.54) is 18.4 Å². The van der Waals surface area contributed by atoms with Crippen molar-refractivity contribution in [2.45, 2.75) is 32.7 Å². The smallest absolute Gasteiger partial charge is 0.0521 e. The van der Waals surface area contributed by atoms with Gasteiger partial charge in [-0.15, -0.1) is 0 Å².